The summed E-state index contributed by atoms with van der Waals surface area (Å²) in [6.45, 7) is 4.44. The van der Waals surface area contributed by atoms with Crippen molar-refractivity contribution in [3.8, 4) is 0 Å². The summed E-state index contributed by atoms with van der Waals surface area (Å²) in [7, 11) is 1.64. The number of rotatable bonds is 5. The van der Waals surface area contributed by atoms with E-state index in [1.54, 1.807) is 7.11 Å². The molecule has 1 aliphatic rings. The molecule has 1 N–H and O–H groups in total. The van der Waals surface area contributed by atoms with Gasteiger partial charge in [0.1, 0.15) is 0 Å². The van der Waals surface area contributed by atoms with Crippen molar-refractivity contribution in [2.45, 2.75) is 32.7 Å². The van der Waals surface area contributed by atoms with Crippen molar-refractivity contribution in [3.05, 3.63) is 29.6 Å². The highest BCUT2D eigenvalue weighted by molar-refractivity contribution is 5.85. The van der Waals surface area contributed by atoms with Gasteiger partial charge in [-0.25, -0.2) is 0 Å². The van der Waals surface area contributed by atoms with Gasteiger partial charge in [-0.05, 0) is 38.3 Å². The van der Waals surface area contributed by atoms with Gasteiger partial charge >= 0.3 is 0 Å². The van der Waals surface area contributed by atoms with Gasteiger partial charge in [0, 0.05) is 19.0 Å². The number of aromatic nitrogens is 1. The molecule has 1 heterocycles. The average molecular weight is 248 g/mol. The van der Waals surface area contributed by atoms with E-state index in [9.17, 15) is 4.79 Å². The van der Waals surface area contributed by atoms with Crippen LogP contribution in [0.2, 0.25) is 0 Å². The molecule has 1 fully saturated rings. The van der Waals surface area contributed by atoms with Gasteiger partial charge in [-0.2, -0.15) is 0 Å². The molecule has 0 radical (unpaired) electrons. The molecule has 18 heavy (non-hydrogen) atoms. The summed E-state index contributed by atoms with van der Waals surface area (Å²) in [5.74, 6) is 0.0948. The highest BCUT2D eigenvalue weighted by atomic mass is 16.5. The predicted octanol–water partition coefficient (Wildman–Crippen LogP) is 1.99. The molecule has 98 valence electrons. The molecule has 1 saturated carbocycles. The fourth-order valence-electron chi connectivity index (χ4n) is 2.03. The third kappa shape index (κ3) is 2.70. The molecule has 0 spiro atoms. The summed E-state index contributed by atoms with van der Waals surface area (Å²) in [5.41, 5.74) is 1.73. The first-order chi connectivity index (χ1) is 8.57. The second-order valence-electron chi connectivity index (χ2n) is 5.14. The SMILES string of the molecule is COCC1(C(=O)N[C@@H](C)c2ccc(C)nc2)CC1. The standard InChI is InChI=1S/C14H20N2O2/c1-10-4-5-12(8-15-10)11(2)16-13(17)14(6-7-14)9-18-3/h4-5,8,11H,6-7,9H2,1-3H3,(H,16,17)/t11-/m0/s1. The van der Waals surface area contributed by atoms with E-state index in [0.717, 1.165) is 24.1 Å². The number of hydrogen-bond acceptors (Lipinski definition) is 3. The maximum atomic E-state index is 12.2. The third-order valence-electron chi connectivity index (χ3n) is 3.54. The molecule has 1 atom stereocenters. The minimum Gasteiger partial charge on any atom is -0.384 e. The summed E-state index contributed by atoms with van der Waals surface area (Å²) in [6, 6.07) is 3.95. The first kappa shape index (κ1) is 13.0. The number of nitrogens with one attached hydrogen (secondary N) is 1. The summed E-state index contributed by atoms with van der Waals surface area (Å²) in [6.07, 6.45) is 3.66. The van der Waals surface area contributed by atoms with Crippen molar-refractivity contribution in [1.29, 1.82) is 0 Å². The van der Waals surface area contributed by atoms with Crippen molar-refractivity contribution in [1.82, 2.24) is 10.3 Å². The molecule has 0 aromatic carbocycles. The lowest BCUT2D eigenvalue weighted by Crippen LogP contribution is -2.36. The number of ether oxygens (including phenoxy) is 1. The maximum Gasteiger partial charge on any atom is 0.229 e. The largest absolute Gasteiger partial charge is 0.384 e. The maximum absolute atomic E-state index is 12.2. The topological polar surface area (TPSA) is 51.2 Å². The smallest absolute Gasteiger partial charge is 0.229 e. The third-order valence-corrected chi connectivity index (χ3v) is 3.54. The fraction of sp³-hybridized carbons (Fsp3) is 0.571. The molecule has 0 aliphatic heterocycles. The Hall–Kier alpha value is -1.42. The molecular weight excluding hydrogens is 228 g/mol. The average Bonchev–Trinajstić information content (AvgIpc) is 3.11. The Balaban J connectivity index is 1.97. The van der Waals surface area contributed by atoms with Crippen LogP contribution in [0.4, 0.5) is 0 Å². The van der Waals surface area contributed by atoms with Crippen LogP contribution >= 0.6 is 0 Å². The van der Waals surface area contributed by atoms with Crippen molar-refractivity contribution in [3.63, 3.8) is 0 Å². The predicted molar refractivity (Wildman–Crippen MR) is 69.1 cm³/mol. The van der Waals surface area contributed by atoms with Crippen LogP contribution in [0.3, 0.4) is 0 Å². The Bertz CT molecular complexity index is 424. The highest BCUT2D eigenvalue weighted by Gasteiger charge is 2.50. The second-order valence-corrected chi connectivity index (χ2v) is 5.14. The number of hydrogen-bond donors (Lipinski definition) is 1. The Labute approximate surface area is 108 Å². The van der Waals surface area contributed by atoms with Gasteiger partial charge in [-0.15, -0.1) is 0 Å². The van der Waals surface area contributed by atoms with Crippen LogP contribution in [-0.4, -0.2) is 24.6 Å². The van der Waals surface area contributed by atoms with Crippen LogP contribution in [-0.2, 0) is 9.53 Å². The number of amides is 1. The minimum absolute atomic E-state index is 0.0140. The second kappa shape index (κ2) is 5.06. The van der Waals surface area contributed by atoms with Gasteiger partial charge in [-0.1, -0.05) is 6.07 Å². The fourth-order valence-corrected chi connectivity index (χ4v) is 2.03. The Morgan fingerprint density at radius 3 is 2.78 bits per heavy atom. The van der Waals surface area contributed by atoms with Gasteiger partial charge in [-0.3, -0.25) is 9.78 Å². The molecular formula is C14H20N2O2. The van der Waals surface area contributed by atoms with E-state index in [1.807, 2.05) is 32.2 Å². The molecule has 0 saturated heterocycles. The van der Waals surface area contributed by atoms with Crippen LogP contribution in [0.15, 0.2) is 18.3 Å². The number of aryl methyl sites for hydroxylation is 1. The number of methoxy groups -OCH3 is 1. The van der Waals surface area contributed by atoms with Gasteiger partial charge < -0.3 is 10.1 Å². The molecule has 2 rings (SSSR count). The lowest BCUT2D eigenvalue weighted by Gasteiger charge is -2.19. The van der Waals surface area contributed by atoms with Crippen LogP contribution in [0.25, 0.3) is 0 Å². The lowest BCUT2D eigenvalue weighted by molar-refractivity contribution is -0.128. The van der Waals surface area contributed by atoms with Gasteiger partial charge in [0.15, 0.2) is 0 Å². The molecule has 4 nitrogen and oxygen atoms in total. The Kier molecular flexibility index (Phi) is 3.66. The van der Waals surface area contributed by atoms with Crippen molar-refractivity contribution < 1.29 is 9.53 Å². The van der Waals surface area contributed by atoms with Crippen molar-refractivity contribution in [2.24, 2.45) is 5.41 Å². The molecule has 1 aliphatic carbocycles. The van der Waals surface area contributed by atoms with Crippen LogP contribution in [0.1, 0.15) is 37.1 Å². The lowest BCUT2D eigenvalue weighted by atomic mass is 10.1. The molecule has 1 amide bonds. The summed E-state index contributed by atoms with van der Waals surface area (Å²) < 4.78 is 5.12. The quantitative estimate of drug-likeness (QED) is 0.867. The Morgan fingerprint density at radius 1 is 1.56 bits per heavy atom. The zero-order valence-electron chi connectivity index (χ0n) is 11.2. The molecule has 4 heteroatoms. The van der Waals surface area contributed by atoms with Gasteiger partial charge in [0.25, 0.3) is 0 Å². The zero-order chi connectivity index (χ0) is 13.2. The van der Waals surface area contributed by atoms with Crippen molar-refractivity contribution in [2.75, 3.05) is 13.7 Å². The van der Waals surface area contributed by atoms with Crippen LogP contribution < -0.4 is 5.32 Å². The van der Waals surface area contributed by atoms with Crippen LogP contribution in [0.5, 0.6) is 0 Å². The highest BCUT2D eigenvalue weighted by Crippen LogP contribution is 2.46. The zero-order valence-corrected chi connectivity index (χ0v) is 11.2. The van der Waals surface area contributed by atoms with Crippen molar-refractivity contribution >= 4 is 5.91 Å². The summed E-state index contributed by atoms with van der Waals surface area (Å²) >= 11 is 0. The number of nitrogens with zero attached hydrogens (tertiary/aromatic N) is 1. The first-order valence-electron chi connectivity index (χ1n) is 6.30. The van der Waals surface area contributed by atoms with E-state index in [-0.39, 0.29) is 17.4 Å². The summed E-state index contributed by atoms with van der Waals surface area (Å²) in [5, 5.41) is 3.04. The minimum atomic E-state index is -0.277. The van der Waals surface area contributed by atoms with E-state index in [0.29, 0.717) is 6.61 Å². The molecule has 0 unspecified atom stereocenters. The Morgan fingerprint density at radius 2 is 2.28 bits per heavy atom. The monoisotopic (exact) mass is 248 g/mol. The van der Waals surface area contributed by atoms with Crippen LogP contribution in [0, 0.1) is 12.3 Å². The van der Waals surface area contributed by atoms with E-state index in [4.69, 9.17) is 4.74 Å². The number of carbonyl (C=O) groups excluding carboxylic acids is 1. The summed E-state index contributed by atoms with van der Waals surface area (Å²) in [4.78, 5) is 16.4. The normalized spacial score (nSPS) is 18.2. The van der Waals surface area contributed by atoms with Gasteiger partial charge in [0.05, 0.1) is 18.1 Å². The van der Waals surface area contributed by atoms with E-state index in [1.165, 1.54) is 0 Å². The number of pyridine rings is 1. The molecule has 0 bridgehead atoms. The van der Waals surface area contributed by atoms with Gasteiger partial charge in [0.2, 0.25) is 5.91 Å². The van der Waals surface area contributed by atoms with E-state index >= 15 is 0 Å². The van der Waals surface area contributed by atoms with E-state index in [2.05, 4.69) is 10.3 Å². The molecule has 1 aromatic rings. The molecule has 1 aromatic heterocycles. The first-order valence-corrected chi connectivity index (χ1v) is 6.30. The number of carbonyl (C=O) groups is 1. The van der Waals surface area contributed by atoms with E-state index < -0.39 is 0 Å².